The first kappa shape index (κ1) is 23.3. The zero-order chi connectivity index (χ0) is 24.9. The lowest BCUT2D eigenvalue weighted by molar-refractivity contribution is -0.120. The third kappa shape index (κ3) is 5.00. The van der Waals surface area contributed by atoms with Crippen molar-refractivity contribution in [3.05, 3.63) is 78.4 Å². The summed E-state index contributed by atoms with van der Waals surface area (Å²) in [7, 11) is 1.63. The molecule has 3 aromatic rings. The molecule has 0 bridgehead atoms. The second-order valence-corrected chi connectivity index (χ2v) is 8.70. The Hall–Kier alpha value is -4.40. The summed E-state index contributed by atoms with van der Waals surface area (Å²) in [5, 5.41) is 19.6. The number of anilines is 2. The van der Waals surface area contributed by atoms with E-state index in [0.717, 1.165) is 47.8 Å². The molecule has 1 aromatic heterocycles. The van der Waals surface area contributed by atoms with E-state index >= 15 is 0 Å². The summed E-state index contributed by atoms with van der Waals surface area (Å²) in [5.74, 6) is 0.843. The number of nitrogens with zero attached hydrogens (tertiary/aromatic N) is 5. The van der Waals surface area contributed by atoms with Crippen molar-refractivity contribution in [2.75, 3.05) is 30.4 Å². The Kier molecular flexibility index (Phi) is 6.79. The van der Waals surface area contributed by atoms with E-state index in [0.29, 0.717) is 12.2 Å². The molecule has 2 atom stereocenters. The van der Waals surface area contributed by atoms with Crippen molar-refractivity contribution in [2.45, 2.75) is 18.9 Å². The third-order valence-electron chi connectivity index (χ3n) is 6.39. The molecule has 36 heavy (non-hydrogen) atoms. The highest BCUT2D eigenvalue weighted by molar-refractivity contribution is 5.94. The third-order valence-corrected chi connectivity index (χ3v) is 6.39. The van der Waals surface area contributed by atoms with Crippen LogP contribution in [0.2, 0.25) is 0 Å². The van der Waals surface area contributed by atoms with Gasteiger partial charge in [0.2, 0.25) is 5.91 Å². The molecule has 2 amide bonds. The monoisotopic (exact) mass is 482 g/mol. The Labute approximate surface area is 208 Å². The number of amides is 2. The fourth-order valence-electron chi connectivity index (χ4n) is 4.53. The van der Waals surface area contributed by atoms with Crippen LogP contribution < -0.4 is 15.0 Å². The van der Waals surface area contributed by atoms with Gasteiger partial charge in [-0.25, -0.2) is 0 Å². The molecule has 0 saturated carbocycles. The number of aromatic nitrogens is 2. The van der Waals surface area contributed by atoms with Crippen molar-refractivity contribution in [2.24, 2.45) is 16.1 Å². The number of ether oxygens (including phenoxy) is 1. The molecule has 2 aliphatic rings. The van der Waals surface area contributed by atoms with E-state index in [2.05, 4.69) is 30.6 Å². The Morgan fingerprint density at radius 1 is 1.06 bits per heavy atom. The van der Waals surface area contributed by atoms with Crippen LogP contribution in [0.15, 0.2) is 83.0 Å². The lowest BCUT2D eigenvalue weighted by Gasteiger charge is -2.32. The van der Waals surface area contributed by atoms with Crippen molar-refractivity contribution in [3.8, 4) is 17.0 Å². The lowest BCUT2D eigenvalue weighted by atomic mass is 9.96. The van der Waals surface area contributed by atoms with Gasteiger partial charge in [-0.2, -0.15) is 5.11 Å². The summed E-state index contributed by atoms with van der Waals surface area (Å²) in [4.78, 5) is 26.7. The van der Waals surface area contributed by atoms with Crippen LogP contribution in [0.25, 0.3) is 11.3 Å². The maximum Gasteiger partial charge on any atom is 0.287 e. The lowest BCUT2D eigenvalue weighted by Crippen LogP contribution is -2.41. The second-order valence-electron chi connectivity index (χ2n) is 8.70. The molecule has 1 N–H and O–H groups in total. The first-order chi connectivity index (χ1) is 17.6. The minimum atomic E-state index is -0.404. The van der Waals surface area contributed by atoms with Crippen LogP contribution in [-0.2, 0) is 9.59 Å². The Morgan fingerprint density at radius 2 is 1.89 bits per heavy atom. The highest BCUT2D eigenvalue weighted by Crippen LogP contribution is 2.31. The second kappa shape index (κ2) is 10.5. The molecule has 3 heterocycles. The smallest absolute Gasteiger partial charge is 0.287 e. The molecule has 0 spiro atoms. The van der Waals surface area contributed by atoms with Crippen LogP contribution in [0.4, 0.5) is 11.5 Å². The maximum absolute atomic E-state index is 13.2. The Balaban J connectivity index is 1.27. The zero-order valence-corrected chi connectivity index (χ0v) is 19.9. The minimum absolute atomic E-state index is 0.0569. The van der Waals surface area contributed by atoms with E-state index in [4.69, 9.17) is 4.74 Å². The molecule has 1 fully saturated rings. The van der Waals surface area contributed by atoms with Gasteiger partial charge in [0.15, 0.2) is 5.82 Å². The van der Waals surface area contributed by atoms with Crippen molar-refractivity contribution >= 4 is 23.3 Å². The Bertz CT molecular complexity index is 1310. The molecule has 2 aliphatic heterocycles. The summed E-state index contributed by atoms with van der Waals surface area (Å²) < 4.78 is 5.43. The molecular weight excluding hydrogens is 456 g/mol. The zero-order valence-electron chi connectivity index (χ0n) is 19.9. The van der Waals surface area contributed by atoms with Gasteiger partial charge in [0.25, 0.3) is 5.91 Å². The first-order valence-electron chi connectivity index (χ1n) is 11.9. The van der Waals surface area contributed by atoms with Crippen LogP contribution in [-0.4, -0.2) is 42.2 Å². The predicted molar refractivity (Wildman–Crippen MR) is 136 cm³/mol. The minimum Gasteiger partial charge on any atom is -0.496 e. The molecule has 0 radical (unpaired) electrons. The van der Waals surface area contributed by atoms with Crippen LogP contribution in [0.3, 0.4) is 0 Å². The number of piperidine rings is 1. The number of methoxy groups -OCH3 is 1. The van der Waals surface area contributed by atoms with Gasteiger partial charge in [-0.1, -0.05) is 30.3 Å². The quantitative estimate of drug-likeness (QED) is 0.550. The van der Waals surface area contributed by atoms with Gasteiger partial charge < -0.3 is 15.0 Å². The van der Waals surface area contributed by atoms with Crippen LogP contribution >= 0.6 is 0 Å². The highest BCUT2D eigenvalue weighted by Gasteiger charge is 2.28. The highest BCUT2D eigenvalue weighted by atomic mass is 16.5. The van der Waals surface area contributed by atoms with Gasteiger partial charge in [-0.15, -0.1) is 15.3 Å². The molecule has 5 rings (SSSR count). The van der Waals surface area contributed by atoms with E-state index in [1.807, 2.05) is 60.7 Å². The van der Waals surface area contributed by atoms with E-state index in [1.165, 1.54) is 6.08 Å². The van der Waals surface area contributed by atoms with Crippen molar-refractivity contribution in [1.82, 2.24) is 10.2 Å². The summed E-state index contributed by atoms with van der Waals surface area (Å²) in [6.45, 7) is 1.36. The molecule has 1 saturated heterocycles. The first-order valence-corrected chi connectivity index (χ1v) is 11.9. The van der Waals surface area contributed by atoms with Crippen molar-refractivity contribution < 1.29 is 14.3 Å². The van der Waals surface area contributed by atoms with Gasteiger partial charge in [0.1, 0.15) is 11.8 Å². The number of hydrogen-bond acceptors (Lipinski definition) is 7. The Morgan fingerprint density at radius 3 is 2.67 bits per heavy atom. The van der Waals surface area contributed by atoms with E-state index in [1.54, 1.807) is 13.2 Å². The summed E-state index contributed by atoms with van der Waals surface area (Å²) in [6, 6.07) is 18.6. The fourth-order valence-corrected chi connectivity index (χ4v) is 4.53. The van der Waals surface area contributed by atoms with E-state index in [-0.39, 0.29) is 17.7 Å². The average molecular weight is 483 g/mol. The number of benzene rings is 2. The van der Waals surface area contributed by atoms with E-state index in [9.17, 15) is 9.59 Å². The van der Waals surface area contributed by atoms with Gasteiger partial charge in [-0.05, 0) is 49.2 Å². The molecule has 9 heteroatoms. The summed E-state index contributed by atoms with van der Waals surface area (Å²) in [6.07, 6.45) is 4.75. The number of para-hydroxylation sites is 2. The number of carbonyl (C=O) groups is 2. The summed E-state index contributed by atoms with van der Waals surface area (Å²) >= 11 is 0. The molecule has 2 unspecified atom stereocenters. The normalized spacial score (nSPS) is 19.2. The number of carbonyl (C=O) groups excluding carboxylic acids is 2. The van der Waals surface area contributed by atoms with Gasteiger partial charge in [0.05, 0.1) is 18.7 Å². The standard InChI is InChI=1S/C27H26N6O3/c1-36-24-11-5-3-9-20(24)23-12-14-25(31-29-23)33-16-6-7-18(17-33)27(35)28-21-10-4-2-8-19(21)22-13-15-26(34)32-30-22/h2-5,8-15,18,22H,6-7,16-17H2,1H3,(H,28,35). The van der Waals surface area contributed by atoms with Crippen LogP contribution in [0, 0.1) is 5.92 Å². The molecule has 9 nitrogen and oxygen atoms in total. The van der Waals surface area contributed by atoms with Crippen LogP contribution in [0.5, 0.6) is 5.75 Å². The number of hydrogen-bond donors (Lipinski definition) is 1. The number of rotatable bonds is 6. The summed E-state index contributed by atoms with van der Waals surface area (Å²) in [5.41, 5.74) is 3.08. The number of azo groups is 1. The predicted octanol–water partition coefficient (Wildman–Crippen LogP) is 4.60. The largest absolute Gasteiger partial charge is 0.496 e. The molecular formula is C27H26N6O3. The molecule has 0 aliphatic carbocycles. The topological polar surface area (TPSA) is 109 Å². The van der Waals surface area contributed by atoms with Crippen LogP contribution in [0.1, 0.15) is 24.4 Å². The SMILES string of the molecule is COc1ccccc1-c1ccc(N2CCCC(C(=O)Nc3ccccc3C3C=CC(=O)N=N3)C2)nn1. The van der Waals surface area contributed by atoms with Gasteiger partial charge in [0, 0.05) is 36.0 Å². The average Bonchev–Trinajstić information content (AvgIpc) is 2.94. The molecule has 182 valence electrons. The van der Waals surface area contributed by atoms with Gasteiger partial charge >= 0.3 is 0 Å². The van der Waals surface area contributed by atoms with Crippen molar-refractivity contribution in [3.63, 3.8) is 0 Å². The van der Waals surface area contributed by atoms with Crippen molar-refractivity contribution in [1.29, 1.82) is 0 Å². The number of nitrogens with one attached hydrogen (secondary N) is 1. The maximum atomic E-state index is 13.2. The van der Waals surface area contributed by atoms with Gasteiger partial charge in [-0.3, -0.25) is 9.59 Å². The molecule has 2 aromatic carbocycles. The van der Waals surface area contributed by atoms with E-state index < -0.39 is 6.04 Å². The fraction of sp³-hybridized carbons (Fsp3) is 0.259.